The molecule has 0 saturated heterocycles. The molecule has 0 aliphatic heterocycles. The molecule has 0 saturated carbocycles. The van der Waals surface area contributed by atoms with Gasteiger partial charge in [0.15, 0.2) is 0 Å². The third-order valence-corrected chi connectivity index (χ3v) is 2.47. The van der Waals surface area contributed by atoms with Crippen molar-refractivity contribution in [3.05, 3.63) is 24.5 Å². The molecule has 3 heteroatoms. The Labute approximate surface area is 97.5 Å². The van der Waals surface area contributed by atoms with Crippen LogP contribution in [0.25, 0.3) is 0 Å². The monoisotopic (exact) mass is 220 g/mol. The molecule has 0 aliphatic rings. The topological polar surface area (TPSA) is 33.2 Å². The number of carbonyl (C=O) groups is 1. The van der Waals surface area contributed by atoms with Gasteiger partial charge in [0, 0.05) is 31.0 Å². The molecule has 0 spiro atoms. The highest BCUT2D eigenvalue weighted by molar-refractivity contribution is 5.93. The van der Waals surface area contributed by atoms with Crippen molar-refractivity contribution in [1.82, 2.24) is 4.98 Å². The van der Waals surface area contributed by atoms with Crippen LogP contribution in [0.2, 0.25) is 0 Å². The Morgan fingerprint density at radius 3 is 2.50 bits per heavy atom. The van der Waals surface area contributed by atoms with E-state index >= 15 is 0 Å². The number of amides is 1. The third-order valence-electron chi connectivity index (χ3n) is 2.47. The van der Waals surface area contributed by atoms with E-state index in [0.717, 1.165) is 31.5 Å². The van der Waals surface area contributed by atoms with E-state index in [2.05, 4.69) is 11.9 Å². The lowest BCUT2D eigenvalue weighted by Gasteiger charge is -2.22. The van der Waals surface area contributed by atoms with Crippen LogP contribution in [0.1, 0.15) is 39.5 Å². The average Bonchev–Trinajstić information content (AvgIpc) is 2.31. The summed E-state index contributed by atoms with van der Waals surface area (Å²) in [6.45, 7) is 4.97. The summed E-state index contributed by atoms with van der Waals surface area (Å²) in [5, 5.41) is 0. The fraction of sp³-hybridized carbons (Fsp3) is 0.538. The summed E-state index contributed by atoms with van der Waals surface area (Å²) in [5.74, 6) is 0.210. The van der Waals surface area contributed by atoms with Crippen molar-refractivity contribution in [3.8, 4) is 0 Å². The molecule has 0 atom stereocenters. The SMILES string of the molecule is CCCCN(C(=O)CCC)c1ccncc1. The molecule has 0 N–H and O–H groups in total. The summed E-state index contributed by atoms with van der Waals surface area (Å²) in [4.78, 5) is 17.8. The maximum atomic E-state index is 12.0. The van der Waals surface area contributed by atoms with Crippen LogP contribution >= 0.6 is 0 Å². The molecule has 1 amide bonds. The second kappa shape index (κ2) is 6.99. The van der Waals surface area contributed by atoms with Gasteiger partial charge in [0.05, 0.1) is 0 Å². The van der Waals surface area contributed by atoms with Gasteiger partial charge in [0.25, 0.3) is 0 Å². The first-order chi connectivity index (χ1) is 7.79. The smallest absolute Gasteiger partial charge is 0.226 e. The molecule has 0 bridgehead atoms. The zero-order chi connectivity index (χ0) is 11.8. The first-order valence-corrected chi connectivity index (χ1v) is 6.00. The standard InChI is InChI=1S/C13H20N2O/c1-3-5-11-15(13(16)6-4-2)12-7-9-14-10-8-12/h7-10H,3-6,11H2,1-2H3. The highest BCUT2D eigenvalue weighted by Crippen LogP contribution is 2.15. The van der Waals surface area contributed by atoms with Crippen molar-refractivity contribution in [3.63, 3.8) is 0 Å². The lowest BCUT2D eigenvalue weighted by atomic mass is 10.2. The largest absolute Gasteiger partial charge is 0.312 e. The van der Waals surface area contributed by atoms with Crippen molar-refractivity contribution in [1.29, 1.82) is 0 Å². The van der Waals surface area contributed by atoms with Crippen LogP contribution in [-0.2, 0) is 4.79 Å². The molecule has 1 aromatic heterocycles. The average molecular weight is 220 g/mol. The summed E-state index contributed by atoms with van der Waals surface area (Å²) in [6.07, 6.45) is 7.11. The number of hydrogen-bond donors (Lipinski definition) is 0. The predicted molar refractivity (Wildman–Crippen MR) is 66.4 cm³/mol. The Morgan fingerprint density at radius 1 is 1.25 bits per heavy atom. The van der Waals surface area contributed by atoms with Gasteiger partial charge in [-0.25, -0.2) is 0 Å². The van der Waals surface area contributed by atoms with Crippen molar-refractivity contribution in [2.75, 3.05) is 11.4 Å². The van der Waals surface area contributed by atoms with Crippen molar-refractivity contribution >= 4 is 11.6 Å². The van der Waals surface area contributed by atoms with Gasteiger partial charge in [0.1, 0.15) is 0 Å². The number of carbonyl (C=O) groups excluding carboxylic acids is 1. The molecule has 0 aromatic carbocycles. The van der Waals surface area contributed by atoms with Crippen LogP contribution in [0.15, 0.2) is 24.5 Å². The summed E-state index contributed by atoms with van der Waals surface area (Å²) in [7, 11) is 0. The van der Waals surface area contributed by atoms with E-state index in [0.29, 0.717) is 6.42 Å². The maximum Gasteiger partial charge on any atom is 0.226 e. The van der Waals surface area contributed by atoms with Crippen LogP contribution in [-0.4, -0.2) is 17.4 Å². The van der Waals surface area contributed by atoms with Crippen LogP contribution in [0, 0.1) is 0 Å². The normalized spacial score (nSPS) is 10.1. The zero-order valence-corrected chi connectivity index (χ0v) is 10.1. The van der Waals surface area contributed by atoms with Gasteiger partial charge in [-0.1, -0.05) is 20.3 Å². The molecule has 3 nitrogen and oxygen atoms in total. The number of rotatable bonds is 6. The van der Waals surface area contributed by atoms with Gasteiger partial charge in [-0.3, -0.25) is 9.78 Å². The summed E-state index contributed by atoms with van der Waals surface area (Å²) in [6, 6.07) is 3.78. The van der Waals surface area contributed by atoms with Crippen molar-refractivity contribution in [2.24, 2.45) is 0 Å². The summed E-state index contributed by atoms with van der Waals surface area (Å²) < 4.78 is 0. The highest BCUT2D eigenvalue weighted by Gasteiger charge is 2.13. The van der Waals surface area contributed by atoms with Gasteiger partial charge in [-0.15, -0.1) is 0 Å². The molecule has 88 valence electrons. The number of unbranched alkanes of at least 4 members (excludes halogenated alkanes) is 1. The minimum Gasteiger partial charge on any atom is -0.312 e. The maximum absolute atomic E-state index is 12.0. The van der Waals surface area contributed by atoms with Gasteiger partial charge in [-0.2, -0.15) is 0 Å². The molecule has 0 radical (unpaired) electrons. The Hall–Kier alpha value is -1.38. The molecule has 1 rings (SSSR count). The number of aromatic nitrogens is 1. The molecule has 1 aromatic rings. The predicted octanol–water partition coefficient (Wildman–Crippen LogP) is 3.01. The third kappa shape index (κ3) is 3.65. The zero-order valence-electron chi connectivity index (χ0n) is 10.1. The summed E-state index contributed by atoms with van der Waals surface area (Å²) >= 11 is 0. The lowest BCUT2D eigenvalue weighted by molar-refractivity contribution is -0.118. The minimum atomic E-state index is 0.210. The molecule has 0 unspecified atom stereocenters. The number of pyridine rings is 1. The lowest BCUT2D eigenvalue weighted by Crippen LogP contribution is -2.31. The van der Waals surface area contributed by atoms with Crippen LogP contribution in [0.4, 0.5) is 5.69 Å². The summed E-state index contributed by atoms with van der Waals surface area (Å²) in [5.41, 5.74) is 0.960. The second-order valence-corrected chi connectivity index (χ2v) is 3.85. The quantitative estimate of drug-likeness (QED) is 0.738. The first-order valence-electron chi connectivity index (χ1n) is 6.00. The van der Waals surface area contributed by atoms with E-state index in [-0.39, 0.29) is 5.91 Å². The Kier molecular flexibility index (Phi) is 5.54. The van der Waals surface area contributed by atoms with E-state index in [9.17, 15) is 4.79 Å². The van der Waals surface area contributed by atoms with Gasteiger partial charge >= 0.3 is 0 Å². The molecular weight excluding hydrogens is 200 g/mol. The minimum absolute atomic E-state index is 0.210. The van der Waals surface area contributed by atoms with Crippen LogP contribution in [0.3, 0.4) is 0 Å². The number of nitrogens with zero attached hydrogens (tertiary/aromatic N) is 2. The van der Waals surface area contributed by atoms with E-state index in [1.807, 2.05) is 24.0 Å². The van der Waals surface area contributed by atoms with E-state index in [4.69, 9.17) is 0 Å². The van der Waals surface area contributed by atoms with Crippen LogP contribution < -0.4 is 4.90 Å². The van der Waals surface area contributed by atoms with Crippen LogP contribution in [0.5, 0.6) is 0 Å². The van der Waals surface area contributed by atoms with E-state index in [1.54, 1.807) is 12.4 Å². The van der Waals surface area contributed by atoms with Gasteiger partial charge in [-0.05, 0) is 25.0 Å². The Balaban J connectivity index is 2.74. The molecule has 1 heterocycles. The van der Waals surface area contributed by atoms with E-state index in [1.165, 1.54) is 0 Å². The van der Waals surface area contributed by atoms with Gasteiger partial charge < -0.3 is 4.90 Å². The molecule has 0 fully saturated rings. The molecular formula is C13H20N2O. The fourth-order valence-corrected chi connectivity index (χ4v) is 1.59. The number of hydrogen-bond acceptors (Lipinski definition) is 2. The molecule has 0 aliphatic carbocycles. The molecule has 16 heavy (non-hydrogen) atoms. The van der Waals surface area contributed by atoms with Crippen molar-refractivity contribution < 1.29 is 4.79 Å². The highest BCUT2D eigenvalue weighted by atomic mass is 16.2. The Bertz CT molecular complexity index is 311. The number of anilines is 1. The fourth-order valence-electron chi connectivity index (χ4n) is 1.59. The Morgan fingerprint density at radius 2 is 1.94 bits per heavy atom. The van der Waals surface area contributed by atoms with Crippen molar-refractivity contribution in [2.45, 2.75) is 39.5 Å². The van der Waals surface area contributed by atoms with Gasteiger partial charge in [0.2, 0.25) is 5.91 Å². The first kappa shape index (κ1) is 12.7. The van der Waals surface area contributed by atoms with E-state index < -0.39 is 0 Å². The second-order valence-electron chi connectivity index (χ2n) is 3.85.